The van der Waals surface area contributed by atoms with Gasteiger partial charge in [-0.3, -0.25) is 11.3 Å². The molecule has 0 spiro atoms. The highest BCUT2D eigenvalue weighted by Gasteiger charge is 2.18. The molecule has 0 aromatic heterocycles. The van der Waals surface area contributed by atoms with Crippen molar-refractivity contribution in [2.24, 2.45) is 5.84 Å². The summed E-state index contributed by atoms with van der Waals surface area (Å²) in [5.74, 6) is 5.68. The number of hydrogen-bond donors (Lipinski definition) is 2. The third-order valence-corrected chi connectivity index (χ3v) is 3.93. The average molecular weight is 313 g/mol. The normalized spacial score (nSPS) is 21.2. The van der Waals surface area contributed by atoms with E-state index in [0.717, 1.165) is 23.9 Å². The molecule has 3 nitrogen and oxygen atoms in total. The lowest BCUT2D eigenvalue weighted by Gasteiger charge is -2.19. The molecule has 1 aliphatic heterocycles. The van der Waals surface area contributed by atoms with E-state index in [0.29, 0.717) is 6.10 Å². The van der Waals surface area contributed by atoms with Crippen molar-refractivity contribution in [1.29, 1.82) is 0 Å². The first-order chi connectivity index (χ1) is 8.69. The van der Waals surface area contributed by atoms with Gasteiger partial charge in [-0.05, 0) is 55.9 Å². The zero-order valence-electron chi connectivity index (χ0n) is 10.8. The van der Waals surface area contributed by atoms with E-state index in [2.05, 4.69) is 46.5 Å². The molecular formula is C14H21BrN2O. The van der Waals surface area contributed by atoms with Gasteiger partial charge in [-0.15, -0.1) is 0 Å². The van der Waals surface area contributed by atoms with Crippen LogP contribution in [0, 0.1) is 6.92 Å². The van der Waals surface area contributed by atoms with Gasteiger partial charge in [0, 0.05) is 17.1 Å². The van der Waals surface area contributed by atoms with E-state index >= 15 is 0 Å². The van der Waals surface area contributed by atoms with Crippen LogP contribution in [0.2, 0.25) is 0 Å². The van der Waals surface area contributed by atoms with Gasteiger partial charge in [-0.2, -0.15) is 0 Å². The summed E-state index contributed by atoms with van der Waals surface area (Å²) in [5, 5.41) is 0. The topological polar surface area (TPSA) is 47.3 Å². The van der Waals surface area contributed by atoms with Gasteiger partial charge in [0.2, 0.25) is 0 Å². The van der Waals surface area contributed by atoms with Crippen LogP contribution in [0.5, 0.6) is 0 Å². The summed E-state index contributed by atoms with van der Waals surface area (Å²) in [6.07, 6.45) is 4.89. The van der Waals surface area contributed by atoms with Gasteiger partial charge < -0.3 is 4.74 Å². The van der Waals surface area contributed by atoms with Gasteiger partial charge in [0.25, 0.3) is 0 Å². The lowest BCUT2D eigenvalue weighted by molar-refractivity contribution is 0.0996. The molecular weight excluding hydrogens is 292 g/mol. The molecule has 4 heteroatoms. The quantitative estimate of drug-likeness (QED) is 0.648. The molecule has 100 valence electrons. The van der Waals surface area contributed by atoms with Crippen molar-refractivity contribution in [1.82, 2.24) is 5.43 Å². The van der Waals surface area contributed by atoms with Gasteiger partial charge in [0.05, 0.1) is 6.10 Å². The van der Waals surface area contributed by atoms with Crippen molar-refractivity contribution >= 4 is 15.9 Å². The molecule has 0 saturated carbocycles. The Hall–Kier alpha value is -0.420. The van der Waals surface area contributed by atoms with Crippen LogP contribution in [0.3, 0.4) is 0 Å². The van der Waals surface area contributed by atoms with Crippen LogP contribution in [0.1, 0.15) is 42.9 Å². The molecule has 2 rings (SSSR count). The third kappa shape index (κ3) is 3.79. The number of rotatable bonds is 5. The number of halogens is 1. The molecule has 3 N–H and O–H groups in total. The van der Waals surface area contributed by atoms with E-state index in [4.69, 9.17) is 10.6 Å². The molecule has 1 aliphatic rings. The molecule has 0 aliphatic carbocycles. The van der Waals surface area contributed by atoms with Crippen LogP contribution in [0.25, 0.3) is 0 Å². The fourth-order valence-corrected chi connectivity index (χ4v) is 3.16. The second-order valence-corrected chi connectivity index (χ2v) is 5.91. The minimum Gasteiger partial charge on any atom is -0.378 e. The maximum Gasteiger partial charge on any atom is 0.0576 e. The van der Waals surface area contributed by atoms with Crippen molar-refractivity contribution in [3.63, 3.8) is 0 Å². The highest BCUT2D eigenvalue weighted by Crippen LogP contribution is 2.26. The molecule has 0 radical (unpaired) electrons. The Balaban J connectivity index is 1.98. The molecule has 1 aromatic carbocycles. The molecule has 0 bridgehead atoms. The predicted molar refractivity (Wildman–Crippen MR) is 77.2 cm³/mol. The number of hydrogen-bond acceptors (Lipinski definition) is 3. The first-order valence-corrected chi connectivity index (χ1v) is 7.33. The maximum atomic E-state index is 5.68. The summed E-state index contributed by atoms with van der Waals surface area (Å²) in [4.78, 5) is 0. The molecule has 2 atom stereocenters. The summed E-state index contributed by atoms with van der Waals surface area (Å²) >= 11 is 3.53. The largest absolute Gasteiger partial charge is 0.378 e. The highest BCUT2D eigenvalue weighted by molar-refractivity contribution is 9.10. The Morgan fingerprint density at radius 3 is 2.94 bits per heavy atom. The summed E-state index contributed by atoms with van der Waals surface area (Å²) < 4.78 is 6.76. The summed E-state index contributed by atoms with van der Waals surface area (Å²) in [6.45, 7) is 3.02. The molecule has 1 saturated heterocycles. The molecule has 1 heterocycles. The van der Waals surface area contributed by atoms with E-state index in [1.807, 2.05) is 0 Å². The van der Waals surface area contributed by atoms with Crippen LogP contribution >= 0.6 is 15.9 Å². The maximum absolute atomic E-state index is 5.68. The molecule has 2 unspecified atom stereocenters. The molecule has 0 amide bonds. The second kappa shape index (κ2) is 6.66. The van der Waals surface area contributed by atoms with Crippen molar-refractivity contribution < 1.29 is 4.74 Å². The minimum absolute atomic E-state index is 0.199. The van der Waals surface area contributed by atoms with Crippen molar-refractivity contribution in [3.05, 3.63) is 33.8 Å². The van der Waals surface area contributed by atoms with Gasteiger partial charge in [-0.25, -0.2) is 0 Å². The smallest absolute Gasteiger partial charge is 0.0576 e. The zero-order valence-corrected chi connectivity index (χ0v) is 12.4. The summed E-state index contributed by atoms with van der Waals surface area (Å²) in [6, 6.07) is 6.63. The fraction of sp³-hybridized carbons (Fsp3) is 0.571. The van der Waals surface area contributed by atoms with Crippen molar-refractivity contribution in [2.75, 3.05) is 6.61 Å². The van der Waals surface area contributed by atoms with E-state index in [9.17, 15) is 0 Å². The number of hydrazine groups is 1. The fourth-order valence-electron chi connectivity index (χ4n) is 2.54. The molecule has 18 heavy (non-hydrogen) atoms. The monoisotopic (exact) mass is 312 g/mol. The second-order valence-electron chi connectivity index (χ2n) is 4.99. The van der Waals surface area contributed by atoms with E-state index < -0.39 is 0 Å². The summed E-state index contributed by atoms with van der Waals surface area (Å²) in [5.41, 5.74) is 5.41. The Morgan fingerprint density at radius 2 is 2.33 bits per heavy atom. The Bertz CT molecular complexity index is 371. The van der Waals surface area contributed by atoms with Crippen LogP contribution in [0.15, 0.2) is 22.7 Å². The van der Waals surface area contributed by atoms with Gasteiger partial charge in [0.15, 0.2) is 0 Å². The number of ether oxygens (including phenoxy) is 1. The Morgan fingerprint density at radius 1 is 1.50 bits per heavy atom. The molecule has 1 fully saturated rings. The Labute approximate surface area is 117 Å². The van der Waals surface area contributed by atoms with Gasteiger partial charge in [0.1, 0.15) is 0 Å². The number of aryl methyl sites for hydroxylation is 1. The van der Waals surface area contributed by atoms with E-state index in [1.165, 1.54) is 24.0 Å². The zero-order chi connectivity index (χ0) is 13.0. The van der Waals surface area contributed by atoms with Gasteiger partial charge in [-0.1, -0.05) is 22.0 Å². The number of nitrogens with one attached hydrogen (secondary N) is 1. The number of benzene rings is 1. The lowest BCUT2D eigenvalue weighted by atomic mass is 9.98. The van der Waals surface area contributed by atoms with Crippen LogP contribution in [-0.4, -0.2) is 12.7 Å². The van der Waals surface area contributed by atoms with Crippen molar-refractivity contribution in [2.45, 2.75) is 44.8 Å². The SMILES string of the molecule is Cc1cc(Br)cc(C(CCC2CCCO2)NN)c1. The first kappa shape index (κ1) is 14.0. The summed E-state index contributed by atoms with van der Waals surface area (Å²) in [7, 11) is 0. The predicted octanol–water partition coefficient (Wildman–Crippen LogP) is 3.22. The third-order valence-electron chi connectivity index (χ3n) is 3.47. The van der Waals surface area contributed by atoms with E-state index in [1.54, 1.807) is 0 Å². The van der Waals surface area contributed by atoms with Crippen LogP contribution in [0.4, 0.5) is 0 Å². The molecule has 1 aromatic rings. The minimum atomic E-state index is 0.199. The van der Waals surface area contributed by atoms with Gasteiger partial charge >= 0.3 is 0 Å². The van der Waals surface area contributed by atoms with Crippen molar-refractivity contribution in [3.8, 4) is 0 Å². The number of nitrogens with two attached hydrogens (primary N) is 1. The Kier molecular flexibility index (Phi) is 5.18. The van der Waals surface area contributed by atoms with E-state index in [-0.39, 0.29) is 6.04 Å². The first-order valence-electron chi connectivity index (χ1n) is 6.54. The lowest BCUT2D eigenvalue weighted by Crippen LogP contribution is -2.29. The van der Waals surface area contributed by atoms with Crippen LogP contribution < -0.4 is 11.3 Å². The average Bonchev–Trinajstić information content (AvgIpc) is 2.81. The van der Waals surface area contributed by atoms with Crippen LogP contribution in [-0.2, 0) is 4.74 Å². The standard InChI is InChI=1S/C14H21BrN2O/c1-10-7-11(9-12(15)8-10)14(17-16)5-4-13-3-2-6-18-13/h7-9,13-14,17H,2-6,16H2,1H3. The highest BCUT2D eigenvalue weighted by atomic mass is 79.9.